The van der Waals surface area contributed by atoms with Crippen molar-refractivity contribution in [2.24, 2.45) is 11.3 Å². The topological polar surface area (TPSA) is 57.5 Å². The van der Waals surface area contributed by atoms with E-state index in [1.807, 2.05) is 6.92 Å². The molecule has 0 spiro atoms. The van der Waals surface area contributed by atoms with Gasteiger partial charge in [-0.2, -0.15) is 0 Å². The van der Waals surface area contributed by atoms with E-state index in [-0.39, 0.29) is 0 Å². The summed E-state index contributed by atoms with van der Waals surface area (Å²) in [4.78, 5) is 11.5. The molecule has 1 atom stereocenters. The van der Waals surface area contributed by atoms with Gasteiger partial charge in [-0.1, -0.05) is 33.1 Å². The number of unbranched alkanes of at least 4 members (excludes halogenated alkanes) is 1. The van der Waals surface area contributed by atoms with E-state index < -0.39 is 17.5 Å². The summed E-state index contributed by atoms with van der Waals surface area (Å²) in [6.07, 6.45) is 7.84. The van der Waals surface area contributed by atoms with Crippen molar-refractivity contribution >= 4 is 5.97 Å². The molecule has 0 aromatic rings. The van der Waals surface area contributed by atoms with Crippen LogP contribution in [0.3, 0.4) is 0 Å². The van der Waals surface area contributed by atoms with E-state index in [0.717, 1.165) is 25.7 Å². The molecule has 106 valence electrons. The highest BCUT2D eigenvalue weighted by molar-refractivity contribution is 5.74. The number of aliphatic carboxylic acids is 1. The lowest BCUT2D eigenvalue weighted by Crippen LogP contribution is -2.38. The third kappa shape index (κ3) is 3.98. The molecular formula is C15H28O3. The molecule has 1 unspecified atom stereocenters. The summed E-state index contributed by atoms with van der Waals surface area (Å²) in [7, 11) is 0. The summed E-state index contributed by atoms with van der Waals surface area (Å²) < 4.78 is 0. The molecule has 1 aliphatic rings. The molecule has 0 bridgehead atoms. The predicted molar refractivity (Wildman–Crippen MR) is 72.5 cm³/mol. The average molecular weight is 256 g/mol. The Hall–Kier alpha value is -0.570. The van der Waals surface area contributed by atoms with Crippen molar-refractivity contribution in [1.82, 2.24) is 0 Å². The van der Waals surface area contributed by atoms with Crippen molar-refractivity contribution in [3.63, 3.8) is 0 Å². The minimum absolute atomic E-state index is 0.430. The van der Waals surface area contributed by atoms with E-state index in [2.05, 4.69) is 6.92 Å². The van der Waals surface area contributed by atoms with Crippen LogP contribution in [0.1, 0.15) is 71.6 Å². The Morgan fingerprint density at radius 1 is 1.33 bits per heavy atom. The molecule has 0 aliphatic heterocycles. The highest BCUT2D eigenvalue weighted by atomic mass is 16.4. The van der Waals surface area contributed by atoms with Crippen molar-refractivity contribution in [1.29, 1.82) is 0 Å². The second-order valence-corrected chi connectivity index (χ2v) is 5.94. The summed E-state index contributed by atoms with van der Waals surface area (Å²) in [5, 5.41) is 19.3. The van der Waals surface area contributed by atoms with Gasteiger partial charge in [0.25, 0.3) is 0 Å². The van der Waals surface area contributed by atoms with E-state index in [0.29, 0.717) is 18.8 Å². The molecule has 0 radical (unpaired) electrons. The zero-order valence-corrected chi connectivity index (χ0v) is 11.8. The first-order valence-corrected chi connectivity index (χ1v) is 7.45. The molecule has 18 heavy (non-hydrogen) atoms. The van der Waals surface area contributed by atoms with Gasteiger partial charge in [-0.3, -0.25) is 4.79 Å². The molecule has 0 saturated heterocycles. The quantitative estimate of drug-likeness (QED) is 0.731. The summed E-state index contributed by atoms with van der Waals surface area (Å²) in [6, 6.07) is 0. The van der Waals surface area contributed by atoms with Crippen LogP contribution in [0.2, 0.25) is 0 Å². The molecular weight excluding hydrogens is 228 g/mol. The van der Waals surface area contributed by atoms with E-state index >= 15 is 0 Å². The largest absolute Gasteiger partial charge is 0.481 e. The minimum Gasteiger partial charge on any atom is -0.481 e. The highest BCUT2D eigenvalue weighted by Crippen LogP contribution is 2.44. The van der Waals surface area contributed by atoms with Crippen LogP contribution >= 0.6 is 0 Å². The van der Waals surface area contributed by atoms with Crippen LogP contribution in [-0.4, -0.2) is 22.3 Å². The van der Waals surface area contributed by atoms with Crippen LogP contribution in [0.5, 0.6) is 0 Å². The monoisotopic (exact) mass is 256 g/mol. The van der Waals surface area contributed by atoms with Crippen LogP contribution < -0.4 is 0 Å². The van der Waals surface area contributed by atoms with E-state index in [9.17, 15) is 15.0 Å². The molecule has 3 heteroatoms. The van der Waals surface area contributed by atoms with Gasteiger partial charge >= 0.3 is 5.97 Å². The Labute approximate surface area is 111 Å². The van der Waals surface area contributed by atoms with Crippen LogP contribution in [-0.2, 0) is 4.79 Å². The third-order valence-corrected chi connectivity index (χ3v) is 4.58. The van der Waals surface area contributed by atoms with Crippen molar-refractivity contribution in [3.05, 3.63) is 0 Å². The predicted octanol–water partition coefficient (Wildman–Crippen LogP) is 3.60. The zero-order valence-electron chi connectivity index (χ0n) is 11.8. The van der Waals surface area contributed by atoms with E-state index in [1.165, 1.54) is 19.3 Å². The first-order chi connectivity index (χ1) is 8.54. The molecule has 2 N–H and O–H groups in total. The second kappa shape index (κ2) is 7.13. The maximum absolute atomic E-state index is 11.5. The zero-order chi connectivity index (χ0) is 13.6. The van der Waals surface area contributed by atoms with E-state index in [4.69, 9.17) is 0 Å². The lowest BCUT2D eigenvalue weighted by Gasteiger charge is -2.38. The normalized spacial score (nSPS) is 30.1. The third-order valence-electron chi connectivity index (χ3n) is 4.58. The number of carbonyl (C=O) groups is 1. The van der Waals surface area contributed by atoms with Crippen LogP contribution in [0.4, 0.5) is 0 Å². The lowest BCUT2D eigenvalue weighted by molar-refractivity contribution is -0.154. The van der Waals surface area contributed by atoms with Gasteiger partial charge in [-0.15, -0.1) is 0 Å². The number of aliphatic hydroxyl groups is 1. The Balaban J connectivity index is 2.54. The summed E-state index contributed by atoms with van der Waals surface area (Å²) in [5.74, 6) is 0.000126. The Bertz CT molecular complexity index is 254. The van der Waals surface area contributed by atoms with Crippen LogP contribution in [0.15, 0.2) is 0 Å². The standard InChI is InChI=1S/C15H28O3/c1-3-5-6-12-7-9-15(10-8-12,14(17)18)11-13(16)4-2/h12-13,16H,3-11H2,1-2H3,(H,17,18). The molecule has 1 rings (SSSR count). The first-order valence-electron chi connectivity index (χ1n) is 7.45. The fourth-order valence-corrected chi connectivity index (χ4v) is 3.11. The summed E-state index contributed by atoms with van der Waals surface area (Å²) in [6.45, 7) is 4.11. The van der Waals surface area contributed by atoms with Gasteiger partial charge in [-0.05, 0) is 44.4 Å². The number of rotatable bonds is 7. The molecule has 1 saturated carbocycles. The average Bonchev–Trinajstić information content (AvgIpc) is 2.37. The van der Waals surface area contributed by atoms with Crippen molar-refractivity contribution < 1.29 is 15.0 Å². The first kappa shape index (κ1) is 15.5. The molecule has 3 nitrogen and oxygen atoms in total. The van der Waals surface area contributed by atoms with Crippen LogP contribution in [0, 0.1) is 11.3 Å². The van der Waals surface area contributed by atoms with Gasteiger partial charge in [0.15, 0.2) is 0 Å². The number of carboxylic acid groups (broad SMARTS) is 1. The number of aliphatic hydroxyl groups excluding tert-OH is 1. The van der Waals surface area contributed by atoms with Gasteiger partial charge in [0.2, 0.25) is 0 Å². The Morgan fingerprint density at radius 2 is 1.94 bits per heavy atom. The van der Waals surface area contributed by atoms with E-state index in [1.54, 1.807) is 0 Å². The summed E-state index contributed by atoms with van der Waals surface area (Å²) >= 11 is 0. The number of hydrogen-bond donors (Lipinski definition) is 2. The molecule has 0 amide bonds. The highest BCUT2D eigenvalue weighted by Gasteiger charge is 2.42. The molecule has 0 aromatic heterocycles. The summed E-state index contributed by atoms with van der Waals surface area (Å²) in [5.41, 5.74) is -0.655. The smallest absolute Gasteiger partial charge is 0.309 e. The molecule has 0 aromatic carbocycles. The fraction of sp³-hybridized carbons (Fsp3) is 0.933. The number of hydrogen-bond acceptors (Lipinski definition) is 2. The van der Waals surface area contributed by atoms with Crippen molar-refractivity contribution in [3.8, 4) is 0 Å². The van der Waals surface area contributed by atoms with Gasteiger partial charge in [0, 0.05) is 0 Å². The van der Waals surface area contributed by atoms with Crippen molar-refractivity contribution in [2.75, 3.05) is 0 Å². The van der Waals surface area contributed by atoms with Gasteiger partial charge < -0.3 is 10.2 Å². The molecule has 0 heterocycles. The maximum atomic E-state index is 11.5. The number of carboxylic acids is 1. The fourth-order valence-electron chi connectivity index (χ4n) is 3.11. The van der Waals surface area contributed by atoms with Crippen LogP contribution in [0.25, 0.3) is 0 Å². The Kier molecular flexibility index (Phi) is 6.13. The molecule has 1 aliphatic carbocycles. The second-order valence-electron chi connectivity index (χ2n) is 5.94. The lowest BCUT2D eigenvalue weighted by atomic mass is 9.66. The maximum Gasteiger partial charge on any atom is 0.309 e. The Morgan fingerprint density at radius 3 is 2.39 bits per heavy atom. The molecule has 1 fully saturated rings. The van der Waals surface area contributed by atoms with Gasteiger partial charge in [-0.25, -0.2) is 0 Å². The van der Waals surface area contributed by atoms with Crippen molar-refractivity contribution in [2.45, 2.75) is 77.7 Å². The SMILES string of the molecule is CCCCC1CCC(CC(O)CC)(C(=O)O)CC1. The van der Waals surface area contributed by atoms with Gasteiger partial charge in [0.05, 0.1) is 11.5 Å². The van der Waals surface area contributed by atoms with Gasteiger partial charge in [0.1, 0.15) is 0 Å². The minimum atomic E-state index is -0.705.